The Bertz CT molecular complexity index is 804. The van der Waals surface area contributed by atoms with Gasteiger partial charge in [0.05, 0.1) is 7.11 Å². The highest BCUT2D eigenvalue weighted by Gasteiger charge is 2.06. The number of ether oxygens (including phenoxy) is 1. The molecule has 20 heavy (non-hydrogen) atoms. The van der Waals surface area contributed by atoms with E-state index in [4.69, 9.17) is 14.4 Å². The van der Waals surface area contributed by atoms with Crippen LogP contribution in [0, 0.1) is 0 Å². The van der Waals surface area contributed by atoms with E-state index in [1.54, 1.807) is 13.2 Å². The van der Waals surface area contributed by atoms with Gasteiger partial charge in [-0.2, -0.15) is 0 Å². The third kappa shape index (κ3) is 2.12. The van der Waals surface area contributed by atoms with E-state index in [0.717, 1.165) is 16.7 Å². The van der Waals surface area contributed by atoms with Gasteiger partial charge in [-0.25, -0.2) is 0 Å². The van der Waals surface area contributed by atoms with Gasteiger partial charge in [0.15, 0.2) is 0 Å². The van der Waals surface area contributed by atoms with E-state index < -0.39 is 0 Å². The molecule has 1 heterocycles. The van der Waals surface area contributed by atoms with Crippen LogP contribution in [0.4, 0.5) is 0 Å². The van der Waals surface area contributed by atoms with Crippen molar-refractivity contribution in [2.24, 2.45) is 5.16 Å². The van der Waals surface area contributed by atoms with E-state index >= 15 is 0 Å². The number of methoxy groups -OCH3 is 1. The van der Waals surface area contributed by atoms with Crippen molar-refractivity contribution in [3.05, 3.63) is 60.0 Å². The highest BCUT2D eigenvalue weighted by molar-refractivity contribution is 5.78. The largest absolute Gasteiger partial charge is 0.497 e. The van der Waals surface area contributed by atoms with Crippen molar-refractivity contribution >= 4 is 11.0 Å². The van der Waals surface area contributed by atoms with E-state index in [2.05, 4.69) is 5.16 Å². The van der Waals surface area contributed by atoms with Gasteiger partial charge in [-0.15, -0.1) is 0 Å². The van der Waals surface area contributed by atoms with Crippen LogP contribution in [0.15, 0.2) is 64.2 Å². The number of rotatable bonds is 2. The summed E-state index contributed by atoms with van der Waals surface area (Å²) in [5, 5.41) is 13.7. The first-order valence-electron chi connectivity index (χ1n) is 6.17. The Labute approximate surface area is 115 Å². The Hall–Kier alpha value is -2.75. The van der Waals surface area contributed by atoms with Gasteiger partial charge in [0.25, 0.3) is 0 Å². The molecule has 0 amide bonds. The lowest BCUT2D eigenvalue weighted by Gasteiger charge is -2.05. The molecule has 0 saturated heterocycles. The lowest BCUT2D eigenvalue weighted by Crippen LogP contribution is -2.02. The third-order valence-electron chi connectivity index (χ3n) is 3.13. The molecule has 4 heteroatoms. The number of benzene rings is 2. The molecular weight excluding hydrogens is 254 g/mol. The Morgan fingerprint density at radius 3 is 2.50 bits per heavy atom. The summed E-state index contributed by atoms with van der Waals surface area (Å²) in [6, 6.07) is 16.7. The highest BCUT2D eigenvalue weighted by atomic mass is 16.5. The third-order valence-corrected chi connectivity index (χ3v) is 3.13. The standard InChI is InChI=1S/C16H13NO3/c1-19-12-8-6-11(7-9-12)16-10-14(17-18)13-4-2-3-5-15(13)20-16/h2-10,18H,1H3. The van der Waals surface area contributed by atoms with Crippen LogP contribution in [0.2, 0.25) is 0 Å². The van der Waals surface area contributed by atoms with Gasteiger partial charge in [0.2, 0.25) is 0 Å². The molecule has 0 atom stereocenters. The van der Waals surface area contributed by atoms with Crippen molar-refractivity contribution in [3.8, 4) is 17.1 Å². The lowest BCUT2D eigenvalue weighted by molar-refractivity contribution is 0.302. The number of nitrogens with zero attached hydrogens (tertiary/aromatic N) is 1. The smallest absolute Gasteiger partial charge is 0.136 e. The van der Waals surface area contributed by atoms with E-state index in [0.29, 0.717) is 16.7 Å². The summed E-state index contributed by atoms with van der Waals surface area (Å²) in [6.07, 6.45) is 0. The quantitative estimate of drug-likeness (QED) is 0.572. The number of fused-ring (bicyclic) bond motifs is 1. The SMILES string of the molecule is COc1ccc(-c2cc(=NO)c3ccccc3o2)cc1. The Morgan fingerprint density at radius 2 is 1.80 bits per heavy atom. The van der Waals surface area contributed by atoms with Crippen LogP contribution in [-0.2, 0) is 0 Å². The molecule has 0 saturated carbocycles. The van der Waals surface area contributed by atoms with E-state index in [1.165, 1.54) is 0 Å². The molecule has 0 aliphatic carbocycles. The zero-order valence-corrected chi connectivity index (χ0v) is 10.9. The Morgan fingerprint density at radius 1 is 1.05 bits per heavy atom. The predicted molar refractivity (Wildman–Crippen MR) is 75.6 cm³/mol. The fraction of sp³-hybridized carbons (Fsp3) is 0.0625. The number of hydrogen-bond donors (Lipinski definition) is 1. The first-order chi connectivity index (χ1) is 9.81. The minimum Gasteiger partial charge on any atom is -0.497 e. The zero-order chi connectivity index (χ0) is 13.9. The Kier molecular flexibility index (Phi) is 3.13. The predicted octanol–water partition coefficient (Wildman–Crippen LogP) is 3.40. The van der Waals surface area contributed by atoms with Crippen LogP contribution >= 0.6 is 0 Å². The fourth-order valence-electron chi connectivity index (χ4n) is 2.10. The van der Waals surface area contributed by atoms with Gasteiger partial charge >= 0.3 is 0 Å². The first kappa shape index (κ1) is 12.3. The average Bonchev–Trinajstić information content (AvgIpc) is 2.54. The van der Waals surface area contributed by atoms with Crippen molar-refractivity contribution in [2.75, 3.05) is 7.11 Å². The summed E-state index contributed by atoms with van der Waals surface area (Å²) >= 11 is 0. The summed E-state index contributed by atoms with van der Waals surface area (Å²) in [6.45, 7) is 0. The minimum atomic E-state index is 0.484. The average molecular weight is 267 g/mol. The van der Waals surface area contributed by atoms with Crippen LogP contribution in [0.25, 0.3) is 22.3 Å². The highest BCUT2D eigenvalue weighted by Crippen LogP contribution is 2.24. The summed E-state index contributed by atoms with van der Waals surface area (Å²) < 4.78 is 11.0. The van der Waals surface area contributed by atoms with Gasteiger partial charge < -0.3 is 14.4 Å². The summed E-state index contributed by atoms with van der Waals surface area (Å²) in [7, 11) is 1.62. The molecular formula is C16H13NO3. The molecule has 0 bridgehead atoms. The summed E-state index contributed by atoms with van der Waals surface area (Å²) in [5.74, 6) is 1.42. The van der Waals surface area contributed by atoms with Crippen LogP contribution < -0.4 is 10.1 Å². The second-order valence-corrected chi connectivity index (χ2v) is 4.32. The maximum absolute atomic E-state index is 9.15. The second-order valence-electron chi connectivity index (χ2n) is 4.32. The van der Waals surface area contributed by atoms with Crippen molar-refractivity contribution in [3.63, 3.8) is 0 Å². The second kappa shape index (κ2) is 5.09. The molecule has 2 aromatic carbocycles. The molecule has 0 aliphatic rings. The summed E-state index contributed by atoms with van der Waals surface area (Å²) in [5.41, 5.74) is 1.56. The molecule has 100 valence electrons. The summed E-state index contributed by atoms with van der Waals surface area (Å²) in [4.78, 5) is 0. The molecule has 1 N–H and O–H groups in total. The maximum Gasteiger partial charge on any atom is 0.136 e. The molecule has 4 nitrogen and oxygen atoms in total. The van der Waals surface area contributed by atoms with Crippen LogP contribution in [-0.4, -0.2) is 12.3 Å². The molecule has 0 unspecified atom stereocenters. The topological polar surface area (TPSA) is 55.0 Å². The molecule has 0 radical (unpaired) electrons. The molecule has 3 aromatic rings. The molecule has 0 spiro atoms. The van der Waals surface area contributed by atoms with Gasteiger partial charge in [-0.3, -0.25) is 0 Å². The van der Waals surface area contributed by atoms with Crippen LogP contribution in [0.3, 0.4) is 0 Å². The van der Waals surface area contributed by atoms with E-state index in [-0.39, 0.29) is 0 Å². The normalized spacial score (nSPS) is 11.8. The van der Waals surface area contributed by atoms with Gasteiger partial charge in [-0.1, -0.05) is 17.3 Å². The van der Waals surface area contributed by atoms with Gasteiger partial charge in [0.1, 0.15) is 22.5 Å². The monoisotopic (exact) mass is 267 g/mol. The van der Waals surface area contributed by atoms with Crippen molar-refractivity contribution in [1.29, 1.82) is 0 Å². The number of para-hydroxylation sites is 1. The minimum absolute atomic E-state index is 0.484. The van der Waals surface area contributed by atoms with Gasteiger partial charge in [-0.05, 0) is 36.4 Å². The molecule has 3 rings (SSSR count). The first-order valence-corrected chi connectivity index (χ1v) is 6.17. The zero-order valence-electron chi connectivity index (χ0n) is 10.9. The van der Waals surface area contributed by atoms with Crippen LogP contribution in [0.1, 0.15) is 0 Å². The van der Waals surface area contributed by atoms with Crippen molar-refractivity contribution in [2.45, 2.75) is 0 Å². The maximum atomic E-state index is 9.15. The molecule has 0 fully saturated rings. The Balaban J connectivity index is 2.21. The lowest BCUT2D eigenvalue weighted by atomic mass is 10.1. The van der Waals surface area contributed by atoms with E-state index in [1.807, 2.05) is 48.5 Å². The fourth-order valence-corrected chi connectivity index (χ4v) is 2.10. The van der Waals surface area contributed by atoms with Gasteiger partial charge in [0, 0.05) is 17.0 Å². The van der Waals surface area contributed by atoms with Crippen LogP contribution in [0.5, 0.6) is 5.75 Å². The number of hydrogen-bond acceptors (Lipinski definition) is 4. The molecule has 0 aliphatic heterocycles. The van der Waals surface area contributed by atoms with E-state index in [9.17, 15) is 0 Å². The van der Waals surface area contributed by atoms with Crippen molar-refractivity contribution < 1.29 is 14.4 Å². The van der Waals surface area contributed by atoms with Crippen molar-refractivity contribution in [1.82, 2.24) is 0 Å². The molecule has 1 aromatic heterocycles.